The van der Waals surface area contributed by atoms with Gasteiger partial charge >= 0.3 is 0 Å². The summed E-state index contributed by atoms with van der Waals surface area (Å²) in [6.07, 6.45) is 0. The van der Waals surface area contributed by atoms with Crippen molar-refractivity contribution in [3.8, 4) is 5.75 Å². The van der Waals surface area contributed by atoms with E-state index >= 15 is 0 Å². The third-order valence-electron chi connectivity index (χ3n) is 3.31. The summed E-state index contributed by atoms with van der Waals surface area (Å²) >= 11 is 3.40. The van der Waals surface area contributed by atoms with Crippen molar-refractivity contribution in [2.75, 3.05) is 11.9 Å². The van der Waals surface area contributed by atoms with Crippen LogP contribution in [0.15, 0.2) is 40.9 Å². The first-order valence-corrected chi connectivity index (χ1v) is 7.51. The summed E-state index contributed by atoms with van der Waals surface area (Å²) in [7, 11) is 0. The molecule has 0 atom stereocenters. The number of nitrogens with one attached hydrogen (secondary N) is 1. The lowest BCUT2D eigenvalue weighted by Crippen LogP contribution is -2.20. The Morgan fingerprint density at radius 1 is 1.05 bits per heavy atom. The summed E-state index contributed by atoms with van der Waals surface area (Å²) in [5.74, 6) is 0.541. The van der Waals surface area contributed by atoms with Crippen molar-refractivity contribution in [2.24, 2.45) is 0 Å². The van der Waals surface area contributed by atoms with Crippen molar-refractivity contribution in [2.45, 2.75) is 20.8 Å². The summed E-state index contributed by atoms with van der Waals surface area (Å²) < 4.78 is 6.51. The van der Waals surface area contributed by atoms with E-state index in [1.807, 2.05) is 57.2 Å². The molecule has 0 heterocycles. The van der Waals surface area contributed by atoms with Gasteiger partial charge in [0.15, 0.2) is 6.61 Å². The first-order valence-electron chi connectivity index (χ1n) is 6.72. The molecule has 0 aliphatic carbocycles. The van der Waals surface area contributed by atoms with Gasteiger partial charge in [-0.15, -0.1) is 0 Å². The molecule has 0 aliphatic heterocycles. The average molecular weight is 348 g/mol. The lowest BCUT2D eigenvalue weighted by molar-refractivity contribution is -0.118. The van der Waals surface area contributed by atoms with Gasteiger partial charge in [-0.3, -0.25) is 4.79 Å². The molecule has 1 amide bonds. The Bertz CT molecular complexity index is 668. The molecule has 21 heavy (non-hydrogen) atoms. The van der Waals surface area contributed by atoms with Gasteiger partial charge in [-0.05, 0) is 67.8 Å². The molecule has 0 saturated heterocycles. The third-order valence-corrected chi connectivity index (χ3v) is 3.80. The van der Waals surface area contributed by atoms with Crippen LogP contribution < -0.4 is 10.1 Å². The van der Waals surface area contributed by atoms with Crippen molar-refractivity contribution in [3.63, 3.8) is 0 Å². The molecule has 2 aromatic rings. The number of aryl methyl sites for hydroxylation is 3. The maximum absolute atomic E-state index is 11.9. The number of hydrogen-bond acceptors (Lipinski definition) is 2. The number of carbonyl (C=O) groups is 1. The maximum atomic E-state index is 11.9. The Kier molecular flexibility index (Phi) is 5.02. The lowest BCUT2D eigenvalue weighted by Gasteiger charge is -2.10. The second-order valence-corrected chi connectivity index (χ2v) is 5.96. The minimum atomic E-state index is -0.168. The van der Waals surface area contributed by atoms with Crippen LogP contribution >= 0.6 is 15.9 Å². The Morgan fingerprint density at radius 2 is 1.81 bits per heavy atom. The number of carbonyl (C=O) groups excluding carboxylic acids is 1. The van der Waals surface area contributed by atoms with Crippen LogP contribution in [0.5, 0.6) is 5.75 Å². The third kappa shape index (κ3) is 4.33. The summed E-state index contributed by atoms with van der Waals surface area (Å²) in [6.45, 7) is 6.01. The molecule has 0 aromatic heterocycles. The molecular weight excluding hydrogens is 330 g/mol. The molecule has 4 heteroatoms. The number of rotatable bonds is 4. The van der Waals surface area contributed by atoms with Gasteiger partial charge in [0.1, 0.15) is 5.75 Å². The highest BCUT2D eigenvalue weighted by atomic mass is 79.9. The van der Waals surface area contributed by atoms with Gasteiger partial charge in [0.25, 0.3) is 5.91 Å². The van der Waals surface area contributed by atoms with Crippen molar-refractivity contribution < 1.29 is 9.53 Å². The topological polar surface area (TPSA) is 38.3 Å². The monoisotopic (exact) mass is 347 g/mol. The number of amides is 1. The SMILES string of the molecule is Cc1ccc(OCC(=O)Nc2ccc(Br)cc2C)cc1C. The van der Waals surface area contributed by atoms with Crippen molar-refractivity contribution in [3.05, 3.63) is 57.6 Å². The van der Waals surface area contributed by atoms with Gasteiger partial charge in [-0.2, -0.15) is 0 Å². The van der Waals surface area contributed by atoms with E-state index in [9.17, 15) is 4.79 Å². The zero-order chi connectivity index (χ0) is 15.4. The molecule has 0 radical (unpaired) electrons. The fourth-order valence-corrected chi connectivity index (χ4v) is 2.38. The highest BCUT2D eigenvalue weighted by Gasteiger charge is 2.06. The molecule has 2 aromatic carbocycles. The highest BCUT2D eigenvalue weighted by Crippen LogP contribution is 2.20. The van der Waals surface area contributed by atoms with E-state index in [0.717, 1.165) is 21.3 Å². The first-order chi connectivity index (χ1) is 9.95. The van der Waals surface area contributed by atoms with Crippen LogP contribution in [0.25, 0.3) is 0 Å². The summed E-state index contributed by atoms with van der Waals surface area (Å²) in [5, 5.41) is 2.85. The number of anilines is 1. The predicted octanol–water partition coefficient (Wildman–Crippen LogP) is 4.39. The predicted molar refractivity (Wildman–Crippen MR) is 88.9 cm³/mol. The van der Waals surface area contributed by atoms with Crippen molar-refractivity contribution in [1.29, 1.82) is 0 Å². The lowest BCUT2D eigenvalue weighted by atomic mass is 10.1. The molecule has 0 spiro atoms. The largest absolute Gasteiger partial charge is 0.484 e. The fraction of sp³-hybridized carbons (Fsp3) is 0.235. The van der Waals surface area contributed by atoms with Crippen molar-refractivity contribution in [1.82, 2.24) is 0 Å². The quantitative estimate of drug-likeness (QED) is 0.890. The molecule has 110 valence electrons. The number of halogens is 1. The smallest absolute Gasteiger partial charge is 0.262 e. The zero-order valence-electron chi connectivity index (χ0n) is 12.4. The second kappa shape index (κ2) is 6.76. The summed E-state index contributed by atoms with van der Waals surface area (Å²) in [4.78, 5) is 11.9. The average Bonchev–Trinajstić information content (AvgIpc) is 2.43. The molecule has 1 N–H and O–H groups in total. The summed E-state index contributed by atoms with van der Waals surface area (Å²) in [5.41, 5.74) is 4.16. The minimum Gasteiger partial charge on any atom is -0.484 e. The normalized spacial score (nSPS) is 10.3. The van der Waals surface area contributed by atoms with Crippen LogP contribution in [0.2, 0.25) is 0 Å². The van der Waals surface area contributed by atoms with E-state index in [-0.39, 0.29) is 12.5 Å². The van der Waals surface area contributed by atoms with Crippen LogP contribution in [0.4, 0.5) is 5.69 Å². The number of hydrogen-bond donors (Lipinski definition) is 1. The standard InChI is InChI=1S/C17H18BrNO2/c1-11-4-6-15(9-12(11)2)21-10-17(20)19-16-7-5-14(18)8-13(16)3/h4-9H,10H2,1-3H3,(H,19,20). The Balaban J connectivity index is 1.94. The molecule has 0 saturated carbocycles. The van der Waals surface area contributed by atoms with Gasteiger partial charge in [-0.1, -0.05) is 22.0 Å². The van der Waals surface area contributed by atoms with E-state index in [4.69, 9.17) is 4.74 Å². The Labute approximate surface area is 133 Å². The molecule has 0 fully saturated rings. The van der Waals surface area contributed by atoms with Crippen LogP contribution in [0.1, 0.15) is 16.7 Å². The van der Waals surface area contributed by atoms with Crippen LogP contribution in [-0.4, -0.2) is 12.5 Å². The molecule has 3 nitrogen and oxygen atoms in total. The van der Waals surface area contributed by atoms with E-state index in [2.05, 4.69) is 21.2 Å². The first kappa shape index (κ1) is 15.6. The van der Waals surface area contributed by atoms with E-state index in [1.54, 1.807) is 0 Å². The molecular formula is C17H18BrNO2. The van der Waals surface area contributed by atoms with Gasteiger partial charge in [0.05, 0.1) is 0 Å². The van der Waals surface area contributed by atoms with Gasteiger partial charge in [0, 0.05) is 10.2 Å². The van der Waals surface area contributed by atoms with Crippen LogP contribution in [-0.2, 0) is 4.79 Å². The van der Waals surface area contributed by atoms with E-state index in [1.165, 1.54) is 5.56 Å². The molecule has 2 rings (SSSR count). The maximum Gasteiger partial charge on any atom is 0.262 e. The van der Waals surface area contributed by atoms with Crippen molar-refractivity contribution >= 4 is 27.5 Å². The zero-order valence-corrected chi connectivity index (χ0v) is 14.0. The molecule has 0 unspecified atom stereocenters. The Hall–Kier alpha value is -1.81. The molecule has 0 aliphatic rings. The number of ether oxygens (including phenoxy) is 1. The summed E-state index contributed by atoms with van der Waals surface area (Å²) in [6, 6.07) is 11.5. The van der Waals surface area contributed by atoms with E-state index in [0.29, 0.717) is 5.75 Å². The molecule has 0 bridgehead atoms. The minimum absolute atomic E-state index is 0.00198. The van der Waals surface area contributed by atoms with E-state index < -0.39 is 0 Å². The van der Waals surface area contributed by atoms with Gasteiger partial charge in [-0.25, -0.2) is 0 Å². The highest BCUT2D eigenvalue weighted by molar-refractivity contribution is 9.10. The Morgan fingerprint density at radius 3 is 2.48 bits per heavy atom. The second-order valence-electron chi connectivity index (χ2n) is 5.04. The van der Waals surface area contributed by atoms with Gasteiger partial charge < -0.3 is 10.1 Å². The number of benzene rings is 2. The van der Waals surface area contributed by atoms with Crippen LogP contribution in [0.3, 0.4) is 0 Å². The fourth-order valence-electron chi connectivity index (χ4n) is 1.91. The van der Waals surface area contributed by atoms with Gasteiger partial charge in [0.2, 0.25) is 0 Å². The van der Waals surface area contributed by atoms with Crippen LogP contribution in [0, 0.1) is 20.8 Å².